The normalized spacial score (nSPS) is 12.3. The Balaban J connectivity index is 2.45. The van der Waals surface area contributed by atoms with Crippen LogP contribution in [0.2, 0.25) is 0 Å². The molecule has 1 heterocycles. The molecule has 1 atom stereocenters. The van der Waals surface area contributed by atoms with E-state index in [1.54, 1.807) is 6.20 Å². The van der Waals surface area contributed by atoms with Gasteiger partial charge in [-0.2, -0.15) is 0 Å². The van der Waals surface area contributed by atoms with Crippen LogP contribution in [0.4, 0.5) is 5.82 Å². The van der Waals surface area contributed by atoms with Crippen LogP contribution in [-0.4, -0.2) is 33.8 Å². The van der Waals surface area contributed by atoms with Gasteiger partial charge in [0.2, 0.25) is 0 Å². The van der Waals surface area contributed by atoms with Crippen molar-refractivity contribution in [2.75, 3.05) is 11.9 Å². The van der Waals surface area contributed by atoms with Crippen molar-refractivity contribution >= 4 is 22.6 Å². The van der Waals surface area contributed by atoms with Gasteiger partial charge in [0.25, 0.3) is 0 Å². The number of pyridine rings is 1. The molecule has 0 saturated heterocycles. The van der Waals surface area contributed by atoms with Crippen molar-refractivity contribution in [2.24, 2.45) is 0 Å². The third-order valence-electron chi connectivity index (χ3n) is 2.82. The molecule has 0 aliphatic rings. The number of anilines is 1. The van der Waals surface area contributed by atoms with Crippen molar-refractivity contribution in [1.82, 2.24) is 4.98 Å². The number of aliphatic carboxylic acids is 1. The van der Waals surface area contributed by atoms with Crippen molar-refractivity contribution in [3.63, 3.8) is 0 Å². The molecule has 0 radical (unpaired) electrons. The summed E-state index contributed by atoms with van der Waals surface area (Å²) in [5, 5.41) is 22.5. The number of benzene rings is 1. The Labute approximate surface area is 104 Å². The van der Waals surface area contributed by atoms with Gasteiger partial charge in [-0.1, -0.05) is 18.2 Å². The van der Waals surface area contributed by atoms with Crippen molar-refractivity contribution in [3.8, 4) is 0 Å². The molecule has 18 heavy (non-hydrogen) atoms. The predicted molar refractivity (Wildman–Crippen MR) is 68.6 cm³/mol. The second-order valence-corrected chi connectivity index (χ2v) is 4.05. The van der Waals surface area contributed by atoms with Gasteiger partial charge in [-0.3, -0.25) is 0 Å². The molecule has 0 fully saturated rings. The fraction of sp³-hybridized carbons (Fsp3) is 0.231. The van der Waals surface area contributed by atoms with Crippen LogP contribution in [0.5, 0.6) is 0 Å². The van der Waals surface area contributed by atoms with Crippen LogP contribution in [0.15, 0.2) is 30.5 Å². The number of hydrogen-bond acceptors (Lipinski definition) is 4. The Hall–Kier alpha value is -2.14. The minimum Gasteiger partial charge on any atom is -0.480 e. The van der Waals surface area contributed by atoms with E-state index in [9.17, 15) is 4.79 Å². The third kappa shape index (κ3) is 2.26. The summed E-state index contributed by atoms with van der Waals surface area (Å²) >= 11 is 0. The maximum atomic E-state index is 10.9. The zero-order chi connectivity index (χ0) is 13.1. The largest absolute Gasteiger partial charge is 0.480 e. The van der Waals surface area contributed by atoms with E-state index in [4.69, 9.17) is 10.2 Å². The number of nitrogens with zero attached hydrogens (tertiary/aromatic N) is 1. The number of aliphatic hydroxyl groups excluding tert-OH is 1. The standard InChI is InChI=1S/C13H14N2O3/c1-8-3-2-4-10-9(8)5-6-14-12(10)15-11(7-16)13(17)18/h2-6,11,16H,7H2,1H3,(H,14,15)(H,17,18). The first-order valence-corrected chi connectivity index (χ1v) is 5.58. The number of fused-ring (bicyclic) bond motifs is 1. The second kappa shape index (κ2) is 5.01. The summed E-state index contributed by atoms with van der Waals surface area (Å²) in [5.74, 6) is -0.637. The predicted octanol–water partition coefficient (Wildman–Crippen LogP) is 1.40. The molecule has 1 aromatic heterocycles. The molecule has 1 unspecified atom stereocenters. The lowest BCUT2D eigenvalue weighted by Crippen LogP contribution is -2.33. The van der Waals surface area contributed by atoms with Crippen LogP contribution < -0.4 is 5.32 Å². The first-order valence-electron chi connectivity index (χ1n) is 5.58. The second-order valence-electron chi connectivity index (χ2n) is 4.05. The van der Waals surface area contributed by atoms with E-state index in [-0.39, 0.29) is 0 Å². The Morgan fingerprint density at radius 1 is 1.39 bits per heavy atom. The highest BCUT2D eigenvalue weighted by molar-refractivity contribution is 5.95. The van der Waals surface area contributed by atoms with Gasteiger partial charge >= 0.3 is 5.97 Å². The molecular weight excluding hydrogens is 232 g/mol. The zero-order valence-electron chi connectivity index (χ0n) is 9.92. The molecule has 1 aromatic carbocycles. The lowest BCUT2D eigenvalue weighted by molar-refractivity contribution is -0.138. The van der Waals surface area contributed by atoms with Gasteiger partial charge in [0.15, 0.2) is 0 Å². The summed E-state index contributed by atoms with van der Waals surface area (Å²) in [5.41, 5.74) is 1.09. The van der Waals surface area contributed by atoms with E-state index in [1.165, 1.54) is 0 Å². The smallest absolute Gasteiger partial charge is 0.328 e. The van der Waals surface area contributed by atoms with Crippen LogP contribution >= 0.6 is 0 Å². The molecule has 0 aliphatic heterocycles. The molecule has 0 saturated carbocycles. The maximum Gasteiger partial charge on any atom is 0.328 e. The van der Waals surface area contributed by atoms with Crippen LogP contribution in [0.25, 0.3) is 10.8 Å². The molecule has 2 aromatic rings. The fourth-order valence-corrected chi connectivity index (χ4v) is 1.83. The van der Waals surface area contributed by atoms with Crippen LogP contribution in [0.1, 0.15) is 5.56 Å². The number of aryl methyl sites for hydroxylation is 1. The molecule has 0 amide bonds. The number of carbonyl (C=O) groups is 1. The van der Waals surface area contributed by atoms with Crippen molar-refractivity contribution < 1.29 is 15.0 Å². The minimum atomic E-state index is -1.11. The van der Waals surface area contributed by atoms with Gasteiger partial charge in [-0.15, -0.1) is 0 Å². The summed E-state index contributed by atoms with van der Waals surface area (Å²) in [4.78, 5) is 15.0. The molecule has 3 N–H and O–H groups in total. The van der Waals surface area contributed by atoms with Crippen LogP contribution in [0, 0.1) is 6.92 Å². The first-order chi connectivity index (χ1) is 8.63. The minimum absolute atomic E-state index is 0.470. The van der Waals surface area contributed by atoms with E-state index >= 15 is 0 Å². The number of aliphatic hydroxyl groups is 1. The highest BCUT2D eigenvalue weighted by Gasteiger charge is 2.17. The highest BCUT2D eigenvalue weighted by atomic mass is 16.4. The molecule has 5 nitrogen and oxygen atoms in total. The van der Waals surface area contributed by atoms with E-state index in [0.29, 0.717) is 5.82 Å². The Bertz CT molecular complexity index is 583. The molecule has 2 rings (SSSR count). The quantitative estimate of drug-likeness (QED) is 0.759. The van der Waals surface area contributed by atoms with E-state index in [2.05, 4.69) is 10.3 Å². The number of carboxylic acids is 1. The molecule has 94 valence electrons. The molecule has 0 bridgehead atoms. The van der Waals surface area contributed by atoms with Crippen LogP contribution in [-0.2, 0) is 4.79 Å². The molecule has 0 aliphatic carbocycles. The van der Waals surface area contributed by atoms with Crippen LogP contribution in [0.3, 0.4) is 0 Å². The SMILES string of the molecule is Cc1cccc2c(NC(CO)C(=O)O)nccc12. The zero-order valence-corrected chi connectivity index (χ0v) is 9.92. The third-order valence-corrected chi connectivity index (χ3v) is 2.82. The Morgan fingerprint density at radius 2 is 2.17 bits per heavy atom. The van der Waals surface area contributed by atoms with Gasteiger partial charge in [-0.25, -0.2) is 9.78 Å². The topological polar surface area (TPSA) is 82.5 Å². The lowest BCUT2D eigenvalue weighted by Gasteiger charge is -2.14. The molecular formula is C13H14N2O3. The number of nitrogens with one attached hydrogen (secondary N) is 1. The summed E-state index contributed by atoms with van der Waals surface area (Å²) in [7, 11) is 0. The first kappa shape index (κ1) is 12.3. The number of hydrogen-bond donors (Lipinski definition) is 3. The Kier molecular flexibility index (Phi) is 3.43. The van der Waals surface area contributed by atoms with Gasteiger partial charge < -0.3 is 15.5 Å². The molecule has 5 heteroatoms. The summed E-state index contributed by atoms with van der Waals surface area (Å²) < 4.78 is 0. The number of aromatic nitrogens is 1. The van der Waals surface area contributed by atoms with E-state index < -0.39 is 18.6 Å². The lowest BCUT2D eigenvalue weighted by atomic mass is 10.1. The fourth-order valence-electron chi connectivity index (χ4n) is 1.83. The van der Waals surface area contributed by atoms with Gasteiger partial charge in [-0.05, 0) is 23.9 Å². The van der Waals surface area contributed by atoms with Crippen molar-refractivity contribution in [2.45, 2.75) is 13.0 Å². The average molecular weight is 246 g/mol. The summed E-state index contributed by atoms with van der Waals surface area (Å²) in [6.45, 7) is 1.49. The van der Waals surface area contributed by atoms with Gasteiger partial charge in [0, 0.05) is 11.6 Å². The highest BCUT2D eigenvalue weighted by Crippen LogP contribution is 2.24. The van der Waals surface area contributed by atoms with Gasteiger partial charge in [0.1, 0.15) is 11.9 Å². The van der Waals surface area contributed by atoms with E-state index in [0.717, 1.165) is 16.3 Å². The summed E-state index contributed by atoms with van der Waals surface area (Å²) in [6.07, 6.45) is 1.62. The monoisotopic (exact) mass is 246 g/mol. The molecule has 0 spiro atoms. The maximum absolute atomic E-state index is 10.9. The van der Waals surface area contributed by atoms with E-state index in [1.807, 2.05) is 31.2 Å². The summed E-state index contributed by atoms with van der Waals surface area (Å²) in [6, 6.07) is 6.56. The number of carboxylic acid groups (broad SMARTS) is 1. The Morgan fingerprint density at radius 3 is 2.83 bits per heavy atom. The van der Waals surface area contributed by atoms with Crippen molar-refractivity contribution in [3.05, 3.63) is 36.0 Å². The average Bonchev–Trinajstić information content (AvgIpc) is 2.36. The van der Waals surface area contributed by atoms with Gasteiger partial charge in [0.05, 0.1) is 6.61 Å². The van der Waals surface area contributed by atoms with Crippen molar-refractivity contribution in [1.29, 1.82) is 0 Å². The number of rotatable bonds is 4.